The van der Waals surface area contributed by atoms with Crippen LogP contribution < -0.4 is 4.74 Å². The van der Waals surface area contributed by atoms with Crippen LogP contribution in [0.25, 0.3) is 0 Å². The lowest BCUT2D eigenvalue weighted by atomic mass is 9.93. The van der Waals surface area contributed by atoms with E-state index in [4.69, 9.17) is 4.74 Å². The Labute approximate surface area is 92.2 Å². The van der Waals surface area contributed by atoms with Crippen molar-refractivity contribution < 1.29 is 14.5 Å². The number of nitro groups is 1. The predicted molar refractivity (Wildman–Crippen MR) is 56.8 cm³/mol. The van der Waals surface area contributed by atoms with Crippen LogP contribution in [0.3, 0.4) is 0 Å². The third-order valence-corrected chi connectivity index (χ3v) is 2.45. The molecule has 0 saturated carbocycles. The average Bonchev–Trinajstić information content (AvgIpc) is 2.15. The van der Waals surface area contributed by atoms with Gasteiger partial charge in [-0.15, -0.1) is 0 Å². The van der Waals surface area contributed by atoms with Crippen LogP contribution in [0.1, 0.15) is 30.6 Å². The van der Waals surface area contributed by atoms with E-state index < -0.39 is 10.5 Å². The molecule has 1 aromatic rings. The van der Waals surface area contributed by atoms with Gasteiger partial charge in [0.15, 0.2) is 5.78 Å². The van der Waals surface area contributed by atoms with Crippen molar-refractivity contribution in [2.45, 2.75) is 25.9 Å². The van der Waals surface area contributed by atoms with E-state index in [0.717, 1.165) is 0 Å². The summed E-state index contributed by atoms with van der Waals surface area (Å²) in [5.41, 5.74) is -0.329. The fourth-order valence-electron chi connectivity index (χ4n) is 1.75. The van der Waals surface area contributed by atoms with E-state index in [1.54, 1.807) is 0 Å². The van der Waals surface area contributed by atoms with Crippen molar-refractivity contribution in [1.29, 1.82) is 0 Å². The lowest BCUT2D eigenvalue weighted by molar-refractivity contribution is -0.384. The van der Waals surface area contributed by atoms with Crippen LogP contribution in [0, 0.1) is 10.1 Å². The molecule has 2 rings (SSSR count). The molecule has 0 aromatic heterocycles. The van der Waals surface area contributed by atoms with Crippen molar-refractivity contribution in [1.82, 2.24) is 0 Å². The van der Waals surface area contributed by atoms with Gasteiger partial charge in [0.25, 0.3) is 5.69 Å². The van der Waals surface area contributed by atoms with Crippen molar-refractivity contribution in [3.63, 3.8) is 0 Å². The predicted octanol–water partition coefficient (Wildman–Crippen LogP) is 2.34. The fourth-order valence-corrected chi connectivity index (χ4v) is 1.75. The quantitative estimate of drug-likeness (QED) is 0.539. The number of ether oxygens (including phenoxy) is 1. The minimum Gasteiger partial charge on any atom is -0.487 e. The summed E-state index contributed by atoms with van der Waals surface area (Å²) in [5.74, 6) is 0.307. The van der Waals surface area contributed by atoms with Crippen LogP contribution in [0.15, 0.2) is 18.2 Å². The van der Waals surface area contributed by atoms with Crippen LogP contribution in [-0.4, -0.2) is 16.3 Å². The van der Waals surface area contributed by atoms with E-state index in [0.29, 0.717) is 11.3 Å². The second-order valence-electron chi connectivity index (χ2n) is 4.40. The monoisotopic (exact) mass is 221 g/mol. The Morgan fingerprint density at radius 1 is 1.44 bits per heavy atom. The van der Waals surface area contributed by atoms with Crippen LogP contribution in [-0.2, 0) is 0 Å². The van der Waals surface area contributed by atoms with Gasteiger partial charge in [-0.05, 0) is 19.9 Å². The normalized spacial score (nSPS) is 17.5. The molecule has 0 N–H and O–H groups in total. The maximum Gasteiger partial charge on any atom is 0.270 e. The summed E-state index contributed by atoms with van der Waals surface area (Å²) in [4.78, 5) is 21.8. The van der Waals surface area contributed by atoms with Gasteiger partial charge in [-0.3, -0.25) is 14.9 Å². The van der Waals surface area contributed by atoms with E-state index >= 15 is 0 Å². The zero-order valence-electron chi connectivity index (χ0n) is 9.02. The lowest BCUT2D eigenvalue weighted by Crippen LogP contribution is -2.35. The number of nitrogens with zero attached hydrogens (tertiary/aromatic N) is 1. The number of non-ortho nitro benzene ring substituents is 1. The van der Waals surface area contributed by atoms with Gasteiger partial charge < -0.3 is 4.74 Å². The summed E-state index contributed by atoms with van der Waals surface area (Å²) in [6.07, 6.45) is 0.237. The number of hydrogen-bond donors (Lipinski definition) is 0. The van der Waals surface area contributed by atoms with Gasteiger partial charge >= 0.3 is 0 Å². The Hall–Kier alpha value is -1.91. The van der Waals surface area contributed by atoms with Gasteiger partial charge in [-0.1, -0.05) is 0 Å². The molecule has 16 heavy (non-hydrogen) atoms. The topological polar surface area (TPSA) is 69.4 Å². The molecule has 0 bridgehead atoms. The molecule has 1 aliphatic rings. The van der Waals surface area contributed by atoms with Gasteiger partial charge in [0.1, 0.15) is 11.4 Å². The Morgan fingerprint density at radius 2 is 2.12 bits per heavy atom. The number of carbonyl (C=O) groups is 1. The van der Waals surface area contributed by atoms with Crippen molar-refractivity contribution in [3.8, 4) is 5.75 Å². The molecular formula is C11H11NO4. The summed E-state index contributed by atoms with van der Waals surface area (Å²) in [6.45, 7) is 3.63. The van der Waals surface area contributed by atoms with E-state index in [2.05, 4.69) is 0 Å². The lowest BCUT2D eigenvalue weighted by Gasteiger charge is -2.31. The average molecular weight is 221 g/mol. The van der Waals surface area contributed by atoms with Crippen molar-refractivity contribution in [3.05, 3.63) is 33.9 Å². The molecule has 1 aliphatic heterocycles. The third kappa shape index (κ3) is 1.76. The molecule has 5 heteroatoms. The minimum absolute atomic E-state index is 0.0876. The van der Waals surface area contributed by atoms with Crippen molar-refractivity contribution in [2.75, 3.05) is 0 Å². The molecule has 0 amide bonds. The first-order valence-corrected chi connectivity index (χ1v) is 4.90. The van der Waals surface area contributed by atoms with E-state index in [1.807, 2.05) is 13.8 Å². The van der Waals surface area contributed by atoms with Crippen LogP contribution >= 0.6 is 0 Å². The highest BCUT2D eigenvalue weighted by atomic mass is 16.6. The maximum absolute atomic E-state index is 11.8. The highest BCUT2D eigenvalue weighted by molar-refractivity contribution is 6.00. The summed E-state index contributed by atoms with van der Waals surface area (Å²) >= 11 is 0. The van der Waals surface area contributed by atoms with Crippen LogP contribution in [0.4, 0.5) is 5.69 Å². The zero-order valence-corrected chi connectivity index (χ0v) is 9.02. The molecule has 0 spiro atoms. The van der Waals surface area contributed by atoms with Gasteiger partial charge in [-0.2, -0.15) is 0 Å². The zero-order chi connectivity index (χ0) is 11.9. The molecule has 1 aromatic carbocycles. The van der Waals surface area contributed by atoms with Gasteiger partial charge in [-0.25, -0.2) is 0 Å². The second kappa shape index (κ2) is 3.30. The Kier molecular flexibility index (Phi) is 2.18. The molecule has 1 heterocycles. The summed E-state index contributed by atoms with van der Waals surface area (Å²) in [6, 6.07) is 4.09. The number of benzene rings is 1. The summed E-state index contributed by atoms with van der Waals surface area (Å²) in [7, 11) is 0. The Balaban J connectivity index is 2.49. The number of rotatable bonds is 1. The number of Topliss-reactive ketones (excluding diaryl/α,β-unsaturated/α-hetero) is 1. The molecule has 5 nitrogen and oxygen atoms in total. The number of nitro benzene ring substituents is 1. The minimum atomic E-state index is -0.541. The second-order valence-corrected chi connectivity index (χ2v) is 4.40. The highest BCUT2D eigenvalue weighted by Crippen LogP contribution is 2.34. The fraction of sp³-hybridized carbons (Fsp3) is 0.364. The first-order valence-electron chi connectivity index (χ1n) is 4.90. The number of hydrogen-bond acceptors (Lipinski definition) is 4. The van der Waals surface area contributed by atoms with E-state index in [9.17, 15) is 14.9 Å². The molecule has 0 fully saturated rings. The van der Waals surface area contributed by atoms with Crippen molar-refractivity contribution >= 4 is 11.5 Å². The number of ketones is 1. The van der Waals surface area contributed by atoms with Gasteiger partial charge in [0.05, 0.1) is 16.9 Å². The summed E-state index contributed by atoms with van der Waals surface area (Å²) in [5, 5.41) is 10.6. The van der Waals surface area contributed by atoms with Crippen molar-refractivity contribution in [2.24, 2.45) is 0 Å². The standard InChI is InChI=1S/C11H11NO4/c1-11(2)6-9(13)8-5-7(12(14)15)3-4-10(8)16-11/h3-5H,6H2,1-2H3. The molecule has 0 radical (unpaired) electrons. The molecule has 84 valence electrons. The maximum atomic E-state index is 11.8. The molecule has 0 saturated heterocycles. The molecular weight excluding hydrogens is 210 g/mol. The molecule has 0 atom stereocenters. The first kappa shape index (κ1) is 10.6. The van der Waals surface area contributed by atoms with E-state index in [1.165, 1.54) is 18.2 Å². The Morgan fingerprint density at radius 3 is 2.75 bits per heavy atom. The molecule has 0 aliphatic carbocycles. The Bertz CT molecular complexity index is 479. The summed E-state index contributed by atoms with van der Waals surface area (Å²) < 4.78 is 5.58. The van der Waals surface area contributed by atoms with Gasteiger partial charge in [0.2, 0.25) is 0 Å². The third-order valence-electron chi connectivity index (χ3n) is 2.45. The highest BCUT2D eigenvalue weighted by Gasteiger charge is 2.33. The van der Waals surface area contributed by atoms with Crippen LogP contribution in [0.2, 0.25) is 0 Å². The SMILES string of the molecule is CC1(C)CC(=O)c2cc([N+](=O)[O-])ccc2O1. The van der Waals surface area contributed by atoms with Crippen LogP contribution in [0.5, 0.6) is 5.75 Å². The number of carbonyl (C=O) groups excluding carboxylic acids is 1. The largest absolute Gasteiger partial charge is 0.487 e. The van der Waals surface area contributed by atoms with Gasteiger partial charge in [0, 0.05) is 12.1 Å². The number of fused-ring (bicyclic) bond motifs is 1. The first-order chi connectivity index (χ1) is 7.39. The van der Waals surface area contributed by atoms with E-state index in [-0.39, 0.29) is 17.9 Å². The smallest absolute Gasteiger partial charge is 0.270 e. The molecule has 0 unspecified atom stereocenters.